The Balaban J connectivity index is 2.22. The number of benzene rings is 1. The van der Waals surface area contributed by atoms with Gasteiger partial charge in [0.25, 0.3) is 5.91 Å². The van der Waals surface area contributed by atoms with Crippen molar-refractivity contribution in [2.24, 2.45) is 0 Å². The van der Waals surface area contributed by atoms with Crippen molar-refractivity contribution in [2.45, 2.75) is 12.8 Å². The minimum atomic E-state index is -4.71. The minimum Gasteiger partial charge on any atom is -0.406 e. The molecule has 1 heterocycles. The SMILES string of the molecule is CSSN1CCc2cc(OC(F)(F)F)ccc2C1=O. The van der Waals surface area contributed by atoms with E-state index in [0.717, 1.165) is 6.07 Å². The molecule has 1 aliphatic rings. The normalized spacial score (nSPS) is 15.4. The second kappa shape index (κ2) is 5.54. The summed E-state index contributed by atoms with van der Waals surface area (Å²) < 4.78 is 41.8. The van der Waals surface area contributed by atoms with Gasteiger partial charge in [0, 0.05) is 23.1 Å². The number of hydrogen-bond donors (Lipinski definition) is 0. The van der Waals surface area contributed by atoms with Crippen LogP contribution < -0.4 is 4.74 Å². The molecule has 0 aliphatic carbocycles. The van der Waals surface area contributed by atoms with Gasteiger partial charge in [0.15, 0.2) is 0 Å². The van der Waals surface area contributed by atoms with E-state index in [0.29, 0.717) is 24.1 Å². The summed E-state index contributed by atoms with van der Waals surface area (Å²) in [6.07, 6.45) is -2.34. The zero-order chi connectivity index (χ0) is 14.0. The Labute approximate surface area is 116 Å². The summed E-state index contributed by atoms with van der Waals surface area (Å²) in [7, 11) is 2.77. The molecular weight excluding hydrogens is 299 g/mol. The molecule has 3 nitrogen and oxygen atoms in total. The van der Waals surface area contributed by atoms with Crippen LogP contribution in [0.1, 0.15) is 15.9 Å². The van der Waals surface area contributed by atoms with Gasteiger partial charge in [-0.25, -0.2) is 0 Å². The molecule has 8 heteroatoms. The average Bonchev–Trinajstić information content (AvgIpc) is 2.31. The van der Waals surface area contributed by atoms with Gasteiger partial charge in [-0.2, -0.15) is 0 Å². The molecular formula is C11H10F3NO2S2. The minimum absolute atomic E-state index is 0.181. The van der Waals surface area contributed by atoms with Gasteiger partial charge in [-0.1, -0.05) is 10.8 Å². The summed E-state index contributed by atoms with van der Waals surface area (Å²) in [5.74, 6) is -0.468. The summed E-state index contributed by atoms with van der Waals surface area (Å²) in [5, 5.41) is 0. The van der Waals surface area contributed by atoms with Crippen LogP contribution in [0.5, 0.6) is 5.75 Å². The highest BCUT2D eigenvalue weighted by atomic mass is 33.1. The summed E-state index contributed by atoms with van der Waals surface area (Å²) >= 11 is 0. The van der Waals surface area contributed by atoms with Crippen molar-refractivity contribution in [3.8, 4) is 5.75 Å². The van der Waals surface area contributed by atoms with Gasteiger partial charge < -0.3 is 4.74 Å². The number of carbonyl (C=O) groups is 1. The standard InChI is InChI=1S/C11H10F3NO2S2/c1-18-19-15-5-4-7-6-8(17-11(12,13)14)2-3-9(7)10(15)16/h2-3,6H,4-5H2,1H3. The highest BCUT2D eigenvalue weighted by Gasteiger charge is 2.32. The Hall–Kier alpha value is -1.02. The number of fused-ring (bicyclic) bond motifs is 1. The average molecular weight is 309 g/mol. The lowest BCUT2D eigenvalue weighted by Gasteiger charge is -2.26. The van der Waals surface area contributed by atoms with Gasteiger partial charge in [-0.05, 0) is 36.4 Å². The first-order valence-electron chi connectivity index (χ1n) is 5.32. The smallest absolute Gasteiger partial charge is 0.406 e. The number of nitrogens with zero attached hydrogens (tertiary/aromatic N) is 1. The van der Waals surface area contributed by atoms with Crippen molar-refractivity contribution in [3.05, 3.63) is 29.3 Å². The highest BCUT2D eigenvalue weighted by molar-refractivity contribution is 8.75. The quantitative estimate of drug-likeness (QED) is 0.631. The Morgan fingerprint density at radius 3 is 2.74 bits per heavy atom. The number of carbonyl (C=O) groups excluding carboxylic acids is 1. The number of rotatable bonds is 3. The topological polar surface area (TPSA) is 29.5 Å². The van der Waals surface area contributed by atoms with E-state index in [-0.39, 0.29) is 11.7 Å². The molecule has 1 aliphatic heterocycles. The van der Waals surface area contributed by atoms with E-state index in [1.165, 1.54) is 33.9 Å². The predicted octanol–water partition coefficient (Wildman–Crippen LogP) is 3.51. The van der Waals surface area contributed by atoms with Crippen molar-refractivity contribution < 1.29 is 22.7 Å². The molecule has 1 aromatic rings. The van der Waals surface area contributed by atoms with E-state index in [1.54, 1.807) is 4.31 Å². The van der Waals surface area contributed by atoms with Crippen LogP contribution in [0, 0.1) is 0 Å². The van der Waals surface area contributed by atoms with Crippen LogP contribution in [0.15, 0.2) is 18.2 Å². The van der Waals surface area contributed by atoms with Crippen molar-refractivity contribution in [3.63, 3.8) is 0 Å². The summed E-state index contributed by atoms with van der Waals surface area (Å²) in [5.41, 5.74) is 1.02. The van der Waals surface area contributed by atoms with Crippen LogP contribution >= 0.6 is 21.8 Å². The molecule has 0 aromatic heterocycles. The second-order valence-electron chi connectivity index (χ2n) is 3.77. The molecule has 0 spiro atoms. The first kappa shape index (κ1) is 14.4. The van der Waals surface area contributed by atoms with Gasteiger partial charge in [-0.15, -0.1) is 13.2 Å². The molecule has 1 amide bonds. The summed E-state index contributed by atoms with van der Waals surface area (Å²) in [6.45, 7) is 0.479. The molecule has 0 N–H and O–H groups in total. The second-order valence-corrected chi connectivity index (χ2v) is 6.14. The molecule has 0 atom stereocenters. The largest absolute Gasteiger partial charge is 0.573 e. The maximum atomic E-state index is 12.1. The zero-order valence-corrected chi connectivity index (χ0v) is 11.5. The van der Waals surface area contributed by atoms with E-state index >= 15 is 0 Å². The Bertz CT molecular complexity index is 493. The van der Waals surface area contributed by atoms with Gasteiger partial charge in [-0.3, -0.25) is 9.10 Å². The first-order chi connectivity index (χ1) is 8.90. The number of hydrogen-bond acceptors (Lipinski definition) is 4. The zero-order valence-electron chi connectivity index (χ0n) is 9.86. The molecule has 0 radical (unpaired) electrons. The lowest BCUT2D eigenvalue weighted by molar-refractivity contribution is -0.274. The van der Waals surface area contributed by atoms with Crippen LogP contribution in [0.3, 0.4) is 0 Å². The lowest BCUT2D eigenvalue weighted by atomic mass is 10.0. The molecule has 19 heavy (non-hydrogen) atoms. The molecule has 0 bridgehead atoms. The Kier molecular flexibility index (Phi) is 4.19. The molecule has 0 saturated heterocycles. The van der Waals surface area contributed by atoms with Crippen LogP contribution in [-0.4, -0.2) is 29.4 Å². The molecule has 0 fully saturated rings. The van der Waals surface area contributed by atoms with Crippen molar-refractivity contribution in [1.29, 1.82) is 0 Å². The van der Waals surface area contributed by atoms with Gasteiger partial charge in [0.05, 0.1) is 0 Å². The Morgan fingerprint density at radius 1 is 1.37 bits per heavy atom. The van der Waals surface area contributed by atoms with Gasteiger partial charge in [0.2, 0.25) is 0 Å². The maximum Gasteiger partial charge on any atom is 0.573 e. The third kappa shape index (κ3) is 3.50. The third-order valence-corrected chi connectivity index (χ3v) is 4.18. The van der Waals surface area contributed by atoms with Crippen molar-refractivity contribution in [2.75, 3.05) is 12.8 Å². The van der Waals surface area contributed by atoms with Crippen LogP contribution in [-0.2, 0) is 6.42 Å². The maximum absolute atomic E-state index is 12.1. The van der Waals surface area contributed by atoms with E-state index in [2.05, 4.69) is 4.74 Å². The third-order valence-electron chi connectivity index (χ3n) is 2.52. The Morgan fingerprint density at radius 2 is 2.11 bits per heavy atom. The van der Waals surface area contributed by atoms with Crippen molar-refractivity contribution in [1.82, 2.24) is 4.31 Å². The van der Waals surface area contributed by atoms with Crippen LogP contribution in [0.2, 0.25) is 0 Å². The summed E-state index contributed by atoms with van der Waals surface area (Å²) in [4.78, 5) is 12.0. The predicted molar refractivity (Wildman–Crippen MR) is 69.0 cm³/mol. The fourth-order valence-corrected chi connectivity index (χ4v) is 3.28. The van der Waals surface area contributed by atoms with Crippen LogP contribution in [0.4, 0.5) is 13.2 Å². The number of amides is 1. The summed E-state index contributed by atoms with van der Waals surface area (Å²) in [6, 6.07) is 3.82. The van der Waals surface area contributed by atoms with Gasteiger partial charge in [0.1, 0.15) is 5.75 Å². The molecule has 0 unspecified atom stereocenters. The number of halogens is 3. The molecule has 2 rings (SSSR count). The highest BCUT2D eigenvalue weighted by Crippen LogP contribution is 2.32. The van der Waals surface area contributed by atoms with Crippen LogP contribution in [0.25, 0.3) is 0 Å². The van der Waals surface area contributed by atoms with Crippen molar-refractivity contribution >= 4 is 27.7 Å². The van der Waals surface area contributed by atoms with E-state index in [4.69, 9.17) is 0 Å². The molecule has 104 valence electrons. The van der Waals surface area contributed by atoms with Gasteiger partial charge >= 0.3 is 6.36 Å². The first-order valence-corrected chi connectivity index (χ1v) is 7.83. The molecule has 0 saturated carbocycles. The molecule has 1 aromatic carbocycles. The fourth-order valence-electron chi connectivity index (χ4n) is 1.80. The fraction of sp³-hybridized carbons (Fsp3) is 0.364. The number of ether oxygens (including phenoxy) is 1. The van der Waals surface area contributed by atoms with E-state index in [1.807, 2.05) is 6.26 Å². The number of alkyl halides is 3. The van der Waals surface area contributed by atoms with E-state index < -0.39 is 6.36 Å². The lowest BCUT2D eigenvalue weighted by Crippen LogP contribution is -2.31. The van der Waals surface area contributed by atoms with E-state index in [9.17, 15) is 18.0 Å². The monoisotopic (exact) mass is 309 g/mol.